The Morgan fingerprint density at radius 1 is 1.00 bits per heavy atom. The van der Waals surface area contributed by atoms with E-state index in [0.717, 1.165) is 0 Å². The van der Waals surface area contributed by atoms with Crippen molar-refractivity contribution in [2.45, 2.75) is 14.4 Å². The number of ketones is 1. The van der Waals surface area contributed by atoms with Crippen LogP contribution in [-0.4, -0.2) is 85.4 Å². The van der Waals surface area contributed by atoms with E-state index in [1.54, 1.807) is 24.0 Å². The number of methoxy groups -OCH3 is 1. The second-order valence-electron chi connectivity index (χ2n) is 8.12. The maximum Gasteiger partial charge on any atom is 0.295 e. The maximum absolute atomic E-state index is 13.3. The molecule has 0 atom stereocenters. The summed E-state index contributed by atoms with van der Waals surface area (Å²) in [6.07, 6.45) is 4.49. The first kappa shape index (κ1) is 24.6. The van der Waals surface area contributed by atoms with E-state index in [-0.39, 0.29) is 32.0 Å². The van der Waals surface area contributed by atoms with Gasteiger partial charge in [-0.3, -0.25) is 14.4 Å². The molecule has 36 heavy (non-hydrogen) atoms. The molecule has 1 aliphatic heterocycles. The van der Waals surface area contributed by atoms with Crippen molar-refractivity contribution in [3.63, 3.8) is 0 Å². The van der Waals surface area contributed by atoms with Gasteiger partial charge in [-0.05, 0) is 19.1 Å². The lowest BCUT2D eigenvalue weighted by Gasteiger charge is -2.34. The maximum atomic E-state index is 13.3. The number of aromatic nitrogens is 5. The number of fused-ring (bicyclic) bond motifs is 1. The SMILES string of the molecule is C.COc1cnc(-n2cnc(C)n2)c2[nH]cc(C(=O)C(=O)N3CCN(C(=O)c4ccccc4)CC3)c12. The van der Waals surface area contributed by atoms with Crippen LogP contribution in [0.2, 0.25) is 0 Å². The molecule has 1 N–H and O–H groups in total. The van der Waals surface area contributed by atoms with Crippen LogP contribution < -0.4 is 4.74 Å². The zero-order valence-corrected chi connectivity index (χ0v) is 19.3. The van der Waals surface area contributed by atoms with E-state index in [1.807, 2.05) is 18.2 Å². The zero-order chi connectivity index (χ0) is 24.5. The molecular formula is C25H27N7O4. The molecule has 0 spiro atoms. The number of hydrogen-bond donors (Lipinski definition) is 1. The number of pyridine rings is 1. The summed E-state index contributed by atoms with van der Waals surface area (Å²) < 4.78 is 6.92. The largest absolute Gasteiger partial charge is 0.494 e. The van der Waals surface area contributed by atoms with Gasteiger partial charge in [0.05, 0.1) is 29.8 Å². The number of aryl methyl sites for hydroxylation is 1. The third-order valence-electron chi connectivity index (χ3n) is 6.01. The number of Topliss-reactive ketones (excluding diaryl/α,β-unsaturated/α-hetero) is 1. The normalized spacial score (nSPS) is 13.4. The fraction of sp³-hybridized carbons (Fsp3) is 0.280. The molecule has 0 saturated carbocycles. The van der Waals surface area contributed by atoms with E-state index in [1.165, 1.54) is 35.4 Å². The van der Waals surface area contributed by atoms with Crippen molar-refractivity contribution in [2.75, 3.05) is 33.3 Å². The summed E-state index contributed by atoms with van der Waals surface area (Å²) in [6, 6.07) is 9.00. The van der Waals surface area contributed by atoms with Crippen LogP contribution in [0.25, 0.3) is 16.7 Å². The number of aromatic amines is 1. The summed E-state index contributed by atoms with van der Waals surface area (Å²) in [5.74, 6) is -0.0244. The fourth-order valence-corrected chi connectivity index (χ4v) is 4.19. The summed E-state index contributed by atoms with van der Waals surface area (Å²) >= 11 is 0. The number of ether oxygens (including phenoxy) is 1. The Kier molecular flexibility index (Phi) is 6.82. The van der Waals surface area contributed by atoms with Crippen molar-refractivity contribution in [1.29, 1.82) is 0 Å². The molecule has 1 fully saturated rings. The molecule has 1 saturated heterocycles. The number of benzene rings is 1. The Morgan fingerprint density at radius 2 is 1.69 bits per heavy atom. The van der Waals surface area contributed by atoms with Crippen molar-refractivity contribution in [3.8, 4) is 11.6 Å². The molecule has 4 aromatic rings. The minimum atomic E-state index is -0.663. The number of nitrogens with one attached hydrogen (secondary N) is 1. The van der Waals surface area contributed by atoms with Gasteiger partial charge in [0.15, 0.2) is 5.82 Å². The molecule has 1 aliphatic rings. The molecule has 0 bridgehead atoms. The van der Waals surface area contributed by atoms with Crippen molar-refractivity contribution < 1.29 is 19.1 Å². The molecule has 3 aromatic heterocycles. The molecule has 1 aromatic carbocycles. The van der Waals surface area contributed by atoms with Crippen LogP contribution in [0.5, 0.6) is 5.75 Å². The van der Waals surface area contributed by atoms with Crippen LogP contribution in [-0.2, 0) is 4.79 Å². The van der Waals surface area contributed by atoms with Crippen molar-refractivity contribution >= 4 is 28.5 Å². The minimum Gasteiger partial charge on any atom is -0.494 e. The lowest BCUT2D eigenvalue weighted by Crippen LogP contribution is -2.52. The Hall–Kier alpha value is -4.54. The molecule has 0 aliphatic carbocycles. The van der Waals surface area contributed by atoms with E-state index >= 15 is 0 Å². The monoisotopic (exact) mass is 489 g/mol. The average molecular weight is 490 g/mol. The number of amides is 2. The van der Waals surface area contributed by atoms with Gasteiger partial charge in [-0.25, -0.2) is 14.6 Å². The summed E-state index contributed by atoms with van der Waals surface area (Å²) in [4.78, 5) is 53.8. The first-order chi connectivity index (χ1) is 17.0. The van der Waals surface area contributed by atoms with Crippen LogP contribution >= 0.6 is 0 Å². The van der Waals surface area contributed by atoms with E-state index in [2.05, 4.69) is 20.1 Å². The van der Waals surface area contributed by atoms with Gasteiger partial charge < -0.3 is 19.5 Å². The van der Waals surface area contributed by atoms with Gasteiger partial charge in [0.25, 0.3) is 17.6 Å². The summed E-state index contributed by atoms with van der Waals surface area (Å²) in [6.45, 7) is 3.00. The van der Waals surface area contributed by atoms with Crippen LogP contribution in [0, 0.1) is 6.92 Å². The standard InChI is InChI=1S/C24H23N7O4.CH4/c1-15-27-14-31(28-15)22-20-19(18(35-2)13-26-22)17(12-25-20)21(32)24(34)30-10-8-29(9-11-30)23(33)16-6-4-3-5-7-16;/h3-7,12-14,25H,8-11H2,1-2H3;1H4. The summed E-state index contributed by atoms with van der Waals surface area (Å²) in [5.41, 5.74) is 1.29. The zero-order valence-electron chi connectivity index (χ0n) is 19.3. The van der Waals surface area contributed by atoms with Gasteiger partial charge in [0, 0.05) is 37.9 Å². The van der Waals surface area contributed by atoms with E-state index in [0.29, 0.717) is 46.9 Å². The number of carbonyl (C=O) groups excluding carboxylic acids is 3. The van der Waals surface area contributed by atoms with E-state index < -0.39 is 11.7 Å². The third kappa shape index (κ3) is 4.30. The molecule has 5 rings (SSSR count). The van der Waals surface area contributed by atoms with Gasteiger partial charge in [-0.15, -0.1) is 0 Å². The van der Waals surface area contributed by atoms with Crippen molar-refractivity contribution in [2.24, 2.45) is 0 Å². The lowest BCUT2D eigenvalue weighted by atomic mass is 10.1. The topological polar surface area (TPSA) is 126 Å². The van der Waals surface area contributed by atoms with Crippen LogP contribution in [0.4, 0.5) is 0 Å². The van der Waals surface area contributed by atoms with Gasteiger partial charge in [0.2, 0.25) is 0 Å². The molecule has 0 radical (unpaired) electrons. The molecule has 11 heteroatoms. The number of piperazine rings is 1. The molecule has 186 valence electrons. The van der Waals surface area contributed by atoms with Crippen LogP contribution in [0.1, 0.15) is 34.0 Å². The molecule has 2 amide bonds. The summed E-state index contributed by atoms with van der Waals surface area (Å²) in [7, 11) is 1.47. The number of nitrogens with zero attached hydrogens (tertiary/aromatic N) is 6. The number of rotatable bonds is 5. The van der Waals surface area contributed by atoms with Gasteiger partial charge in [-0.1, -0.05) is 25.6 Å². The average Bonchev–Trinajstić information content (AvgIpc) is 3.54. The van der Waals surface area contributed by atoms with Gasteiger partial charge in [0.1, 0.15) is 17.9 Å². The quantitative estimate of drug-likeness (QED) is 0.337. The second kappa shape index (κ2) is 9.98. The Morgan fingerprint density at radius 3 is 2.33 bits per heavy atom. The van der Waals surface area contributed by atoms with Crippen LogP contribution in [0.15, 0.2) is 49.1 Å². The third-order valence-corrected chi connectivity index (χ3v) is 6.01. The second-order valence-corrected chi connectivity index (χ2v) is 8.12. The molecule has 0 unspecified atom stereocenters. The van der Waals surface area contributed by atoms with E-state index in [9.17, 15) is 14.4 Å². The lowest BCUT2D eigenvalue weighted by molar-refractivity contribution is -0.127. The highest BCUT2D eigenvalue weighted by Gasteiger charge is 2.31. The molecular weight excluding hydrogens is 462 g/mol. The number of hydrogen-bond acceptors (Lipinski definition) is 7. The molecule has 11 nitrogen and oxygen atoms in total. The Labute approximate surface area is 207 Å². The fourth-order valence-electron chi connectivity index (χ4n) is 4.19. The smallest absolute Gasteiger partial charge is 0.295 e. The molecule has 4 heterocycles. The van der Waals surface area contributed by atoms with Crippen molar-refractivity contribution in [3.05, 3.63) is 66.0 Å². The van der Waals surface area contributed by atoms with E-state index in [4.69, 9.17) is 4.74 Å². The van der Waals surface area contributed by atoms with Crippen LogP contribution in [0.3, 0.4) is 0 Å². The highest BCUT2D eigenvalue weighted by Crippen LogP contribution is 2.31. The van der Waals surface area contributed by atoms with Crippen molar-refractivity contribution in [1.82, 2.24) is 34.5 Å². The first-order valence-corrected chi connectivity index (χ1v) is 11.1. The first-order valence-electron chi connectivity index (χ1n) is 11.1. The summed E-state index contributed by atoms with van der Waals surface area (Å²) in [5, 5.41) is 4.73. The Balaban J connectivity index is 0.00000304. The number of carbonyl (C=O) groups is 3. The highest BCUT2D eigenvalue weighted by atomic mass is 16.5. The number of H-pyrrole nitrogens is 1. The highest BCUT2D eigenvalue weighted by molar-refractivity contribution is 6.45. The minimum absolute atomic E-state index is 0. The predicted molar refractivity (Wildman–Crippen MR) is 132 cm³/mol. The van der Waals surface area contributed by atoms with Gasteiger partial charge >= 0.3 is 0 Å². The van der Waals surface area contributed by atoms with Gasteiger partial charge in [-0.2, -0.15) is 5.10 Å². The Bertz CT molecular complexity index is 1420. The predicted octanol–water partition coefficient (Wildman–Crippen LogP) is 2.26.